The third kappa shape index (κ3) is 3.45. The number of amides is 1. The van der Waals surface area contributed by atoms with Crippen molar-refractivity contribution >= 4 is 5.91 Å². The summed E-state index contributed by atoms with van der Waals surface area (Å²) >= 11 is 0. The normalized spacial score (nSPS) is 18.9. The van der Waals surface area contributed by atoms with E-state index >= 15 is 0 Å². The first kappa shape index (κ1) is 13.8. The van der Waals surface area contributed by atoms with Crippen molar-refractivity contribution in [1.82, 2.24) is 10.2 Å². The van der Waals surface area contributed by atoms with E-state index in [9.17, 15) is 4.79 Å². The van der Waals surface area contributed by atoms with Gasteiger partial charge in [0.15, 0.2) is 0 Å². The molecule has 0 saturated carbocycles. The Morgan fingerprint density at radius 1 is 1.53 bits per heavy atom. The van der Waals surface area contributed by atoms with E-state index in [0.717, 1.165) is 17.9 Å². The van der Waals surface area contributed by atoms with Crippen LogP contribution >= 0.6 is 0 Å². The summed E-state index contributed by atoms with van der Waals surface area (Å²) in [6, 6.07) is 7.71. The van der Waals surface area contributed by atoms with E-state index in [1.807, 2.05) is 24.3 Å². The second-order valence-electron chi connectivity index (χ2n) is 4.57. The van der Waals surface area contributed by atoms with Crippen LogP contribution in [-0.4, -0.2) is 50.8 Å². The molecule has 5 nitrogen and oxygen atoms in total. The molecule has 1 aliphatic heterocycles. The van der Waals surface area contributed by atoms with Gasteiger partial charge in [-0.15, -0.1) is 0 Å². The average Bonchev–Trinajstić information content (AvgIpc) is 2.48. The van der Waals surface area contributed by atoms with Crippen molar-refractivity contribution in [2.45, 2.75) is 12.6 Å². The average molecular weight is 264 g/mol. The maximum Gasteiger partial charge on any atom is 0.253 e. The minimum absolute atomic E-state index is 0.00175. The lowest BCUT2D eigenvalue weighted by Crippen LogP contribution is -2.48. The molecule has 0 spiro atoms. The number of methoxy groups -OCH3 is 1. The van der Waals surface area contributed by atoms with Crippen LogP contribution in [-0.2, 0) is 16.1 Å². The molecule has 5 heteroatoms. The molecule has 2 rings (SSSR count). The van der Waals surface area contributed by atoms with Crippen LogP contribution in [0.1, 0.15) is 5.56 Å². The zero-order valence-corrected chi connectivity index (χ0v) is 11.4. The summed E-state index contributed by atoms with van der Waals surface area (Å²) in [6.07, 6.45) is -0.381. The molecule has 1 fully saturated rings. The van der Waals surface area contributed by atoms with Crippen molar-refractivity contribution in [3.05, 3.63) is 29.8 Å². The number of rotatable bonds is 4. The Bertz CT molecular complexity index is 430. The van der Waals surface area contributed by atoms with Crippen LogP contribution in [0.4, 0.5) is 0 Å². The fraction of sp³-hybridized carbons (Fsp3) is 0.500. The smallest absolute Gasteiger partial charge is 0.253 e. The van der Waals surface area contributed by atoms with Crippen LogP contribution in [0.3, 0.4) is 0 Å². The van der Waals surface area contributed by atoms with Gasteiger partial charge in [0.05, 0.1) is 13.7 Å². The van der Waals surface area contributed by atoms with Gasteiger partial charge in [-0.05, 0) is 6.07 Å². The molecule has 0 radical (unpaired) electrons. The Morgan fingerprint density at radius 3 is 3.00 bits per heavy atom. The molecule has 1 atom stereocenters. The van der Waals surface area contributed by atoms with Gasteiger partial charge >= 0.3 is 0 Å². The van der Waals surface area contributed by atoms with Gasteiger partial charge in [-0.25, -0.2) is 0 Å². The number of carbonyl (C=O) groups excluding carboxylic acids is 1. The molecule has 0 bridgehead atoms. The largest absolute Gasteiger partial charge is 0.496 e. The Labute approximate surface area is 113 Å². The zero-order chi connectivity index (χ0) is 13.7. The minimum Gasteiger partial charge on any atom is -0.496 e. The van der Waals surface area contributed by atoms with Gasteiger partial charge < -0.3 is 19.7 Å². The van der Waals surface area contributed by atoms with Crippen molar-refractivity contribution in [3.63, 3.8) is 0 Å². The predicted octanol–water partition coefficient (Wildman–Crippen LogP) is 0.642. The molecule has 104 valence electrons. The fourth-order valence-corrected chi connectivity index (χ4v) is 2.14. The maximum absolute atomic E-state index is 12.2. The van der Waals surface area contributed by atoms with Crippen LogP contribution in [0, 0.1) is 0 Å². The van der Waals surface area contributed by atoms with Crippen molar-refractivity contribution in [2.24, 2.45) is 0 Å². The van der Waals surface area contributed by atoms with Gasteiger partial charge in [-0.3, -0.25) is 4.79 Å². The number of hydrogen-bond donors (Lipinski definition) is 1. The number of benzene rings is 1. The van der Waals surface area contributed by atoms with Crippen molar-refractivity contribution in [2.75, 3.05) is 33.9 Å². The first-order valence-corrected chi connectivity index (χ1v) is 6.41. The summed E-state index contributed by atoms with van der Waals surface area (Å²) in [6.45, 7) is 2.48. The van der Waals surface area contributed by atoms with Gasteiger partial charge in [0.25, 0.3) is 5.91 Å². The summed E-state index contributed by atoms with van der Waals surface area (Å²) < 4.78 is 10.8. The van der Waals surface area contributed by atoms with E-state index in [1.165, 1.54) is 0 Å². The van der Waals surface area contributed by atoms with E-state index in [1.54, 1.807) is 19.1 Å². The fourth-order valence-electron chi connectivity index (χ4n) is 2.14. The molecule has 1 aliphatic rings. The number of nitrogens with one attached hydrogen (secondary N) is 1. The standard InChI is InChI=1S/C14H20N2O3/c1-16(14(17)13-9-15-7-8-19-13)10-11-5-3-4-6-12(11)18-2/h3-6,13,15H,7-10H2,1-2H3/t13-/m1/s1. The summed E-state index contributed by atoms with van der Waals surface area (Å²) in [7, 11) is 3.42. The Balaban J connectivity index is 1.99. The Morgan fingerprint density at radius 2 is 2.32 bits per heavy atom. The summed E-state index contributed by atoms with van der Waals surface area (Å²) in [5.74, 6) is 0.794. The molecule has 0 aliphatic carbocycles. The number of nitrogens with zero attached hydrogens (tertiary/aromatic N) is 1. The van der Waals surface area contributed by atoms with Gasteiger partial charge in [0.1, 0.15) is 11.9 Å². The third-order valence-electron chi connectivity index (χ3n) is 3.18. The van der Waals surface area contributed by atoms with E-state index in [2.05, 4.69) is 5.32 Å². The van der Waals surface area contributed by atoms with Gasteiger partial charge in [0, 0.05) is 32.2 Å². The minimum atomic E-state index is -0.381. The van der Waals surface area contributed by atoms with Crippen LogP contribution in [0.2, 0.25) is 0 Å². The third-order valence-corrected chi connectivity index (χ3v) is 3.18. The van der Waals surface area contributed by atoms with E-state index in [0.29, 0.717) is 19.7 Å². The summed E-state index contributed by atoms with van der Waals surface area (Å²) in [5, 5.41) is 3.16. The first-order chi connectivity index (χ1) is 9.22. The molecule has 1 N–H and O–H groups in total. The highest BCUT2D eigenvalue weighted by atomic mass is 16.5. The predicted molar refractivity (Wildman–Crippen MR) is 72.1 cm³/mol. The van der Waals surface area contributed by atoms with Crippen LogP contribution < -0.4 is 10.1 Å². The molecular weight excluding hydrogens is 244 g/mol. The molecule has 1 saturated heterocycles. The van der Waals surface area contributed by atoms with Crippen LogP contribution in [0.15, 0.2) is 24.3 Å². The molecule has 1 aromatic rings. The van der Waals surface area contributed by atoms with Gasteiger partial charge in [-0.2, -0.15) is 0 Å². The second kappa shape index (κ2) is 6.54. The second-order valence-corrected chi connectivity index (χ2v) is 4.57. The zero-order valence-electron chi connectivity index (χ0n) is 11.4. The van der Waals surface area contributed by atoms with E-state index < -0.39 is 0 Å². The molecule has 0 aromatic heterocycles. The summed E-state index contributed by atoms with van der Waals surface area (Å²) in [4.78, 5) is 13.9. The molecule has 19 heavy (non-hydrogen) atoms. The molecule has 1 heterocycles. The van der Waals surface area contributed by atoms with E-state index in [-0.39, 0.29) is 12.0 Å². The Hall–Kier alpha value is -1.59. The highest BCUT2D eigenvalue weighted by molar-refractivity contribution is 5.81. The van der Waals surface area contributed by atoms with Crippen LogP contribution in [0.25, 0.3) is 0 Å². The number of hydrogen-bond acceptors (Lipinski definition) is 4. The van der Waals surface area contributed by atoms with Crippen molar-refractivity contribution < 1.29 is 14.3 Å². The molecule has 1 amide bonds. The quantitative estimate of drug-likeness (QED) is 0.867. The highest BCUT2D eigenvalue weighted by Crippen LogP contribution is 2.19. The number of carbonyl (C=O) groups is 1. The van der Waals surface area contributed by atoms with E-state index in [4.69, 9.17) is 9.47 Å². The number of likely N-dealkylation sites (N-methyl/N-ethyl adjacent to an activating group) is 1. The SMILES string of the molecule is COc1ccccc1CN(C)C(=O)[C@H]1CNCCO1. The number of morpholine rings is 1. The van der Waals surface area contributed by atoms with Crippen molar-refractivity contribution in [3.8, 4) is 5.75 Å². The lowest BCUT2D eigenvalue weighted by atomic mass is 10.1. The van der Waals surface area contributed by atoms with Gasteiger partial charge in [0.2, 0.25) is 0 Å². The van der Waals surface area contributed by atoms with Gasteiger partial charge in [-0.1, -0.05) is 18.2 Å². The first-order valence-electron chi connectivity index (χ1n) is 6.41. The Kier molecular flexibility index (Phi) is 4.76. The number of para-hydroxylation sites is 1. The number of ether oxygens (including phenoxy) is 2. The molecular formula is C14H20N2O3. The lowest BCUT2D eigenvalue weighted by Gasteiger charge is -2.27. The highest BCUT2D eigenvalue weighted by Gasteiger charge is 2.25. The monoisotopic (exact) mass is 264 g/mol. The van der Waals surface area contributed by atoms with Crippen molar-refractivity contribution in [1.29, 1.82) is 0 Å². The molecule has 0 unspecified atom stereocenters. The topological polar surface area (TPSA) is 50.8 Å². The van der Waals surface area contributed by atoms with Crippen LogP contribution in [0.5, 0.6) is 5.75 Å². The lowest BCUT2D eigenvalue weighted by molar-refractivity contribution is -0.144. The molecule has 1 aromatic carbocycles. The summed E-state index contributed by atoms with van der Waals surface area (Å²) in [5.41, 5.74) is 0.990. The maximum atomic E-state index is 12.2.